The number of rotatable bonds is 1. The van der Waals surface area contributed by atoms with E-state index in [4.69, 9.17) is 0 Å². The zero-order valence-electron chi connectivity index (χ0n) is 7.92. The van der Waals surface area contributed by atoms with E-state index in [0.29, 0.717) is 0 Å². The van der Waals surface area contributed by atoms with Crippen LogP contribution in [0.2, 0.25) is 0 Å². The largest absolute Gasteiger partial charge is 0.384 e. The van der Waals surface area contributed by atoms with Gasteiger partial charge in [0, 0.05) is 12.2 Å². The molecule has 0 radical (unpaired) electrons. The van der Waals surface area contributed by atoms with Gasteiger partial charge < -0.3 is 5.32 Å². The summed E-state index contributed by atoms with van der Waals surface area (Å²) in [6, 6.07) is 6.21. The van der Waals surface area contributed by atoms with Gasteiger partial charge in [0.05, 0.1) is 5.92 Å². The van der Waals surface area contributed by atoms with Crippen LogP contribution in [0.5, 0.6) is 0 Å². The molecule has 2 rings (SSSR count). The van der Waals surface area contributed by atoms with Gasteiger partial charge in [-0.2, -0.15) is 0 Å². The van der Waals surface area contributed by atoms with Crippen LogP contribution in [0.3, 0.4) is 0 Å². The topological polar surface area (TPSA) is 29.1 Å². The van der Waals surface area contributed by atoms with E-state index >= 15 is 0 Å². The van der Waals surface area contributed by atoms with Gasteiger partial charge in [0.25, 0.3) is 0 Å². The highest BCUT2D eigenvalue weighted by molar-refractivity contribution is 5.88. The fourth-order valence-corrected chi connectivity index (χ4v) is 1.82. The monoisotopic (exact) mass is 175 g/mol. The number of carbonyl (C=O) groups excluding carboxylic acids is 1. The number of nitrogens with one attached hydrogen (secondary N) is 1. The Hall–Kier alpha value is -1.31. The van der Waals surface area contributed by atoms with Gasteiger partial charge in [-0.05, 0) is 25.5 Å². The van der Waals surface area contributed by atoms with Crippen LogP contribution in [0.15, 0.2) is 18.2 Å². The Balaban J connectivity index is 2.46. The van der Waals surface area contributed by atoms with Crippen LogP contribution < -0.4 is 5.32 Å². The summed E-state index contributed by atoms with van der Waals surface area (Å²) < 4.78 is 0. The van der Waals surface area contributed by atoms with E-state index < -0.39 is 0 Å². The molecule has 1 aliphatic rings. The minimum atomic E-state index is 0.0647. The molecule has 1 heterocycles. The summed E-state index contributed by atoms with van der Waals surface area (Å²) in [6.45, 7) is 4.47. The molecule has 0 saturated carbocycles. The highest BCUT2D eigenvalue weighted by atomic mass is 16.1. The number of aryl methyl sites for hydroxylation is 1. The normalized spacial score (nSPS) is 19.4. The predicted octanol–water partition coefficient (Wildman–Crippen LogP) is 2.09. The van der Waals surface area contributed by atoms with Gasteiger partial charge in [-0.1, -0.05) is 17.7 Å². The second-order valence-electron chi connectivity index (χ2n) is 3.63. The summed E-state index contributed by atoms with van der Waals surface area (Å²) in [7, 11) is 0. The van der Waals surface area contributed by atoms with Crippen molar-refractivity contribution >= 4 is 11.5 Å². The predicted molar refractivity (Wildman–Crippen MR) is 53.1 cm³/mol. The third kappa shape index (κ3) is 1.32. The fourth-order valence-electron chi connectivity index (χ4n) is 1.82. The van der Waals surface area contributed by atoms with E-state index in [1.807, 2.05) is 6.07 Å². The lowest BCUT2D eigenvalue weighted by Gasteiger charge is -2.05. The molecular formula is C11H13NO. The fraction of sp³-hybridized carbons (Fsp3) is 0.364. The van der Waals surface area contributed by atoms with E-state index in [9.17, 15) is 4.79 Å². The number of ketones is 1. The molecule has 1 N–H and O–H groups in total. The number of hydrogen-bond donors (Lipinski definition) is 1. The number of anilines is 1. The Kier molecular flexibility index (Phi) is 1.83. The number of carbonyl (C=O) groups is 1. The maximum absolute atomic E-state index is 11.3. The third-order valence-electron chi connectivity index (χ3n) is 2.57. The molecule has 1 aliphatic heterocycles. The summed E-state index contributed by atoms with van der Waals surface area (Å²) in [4.78, 5) is 11.3. The summed E-state index contributed by atoms with van der Waals surface area (Å²) in [6.07, 6.45) is 0. The Morgan fingerprint density at radius 1 is 1.54 bits per heavy atom. The second kappa shape index (κ2) is 2.87. The molecular weight excluding hydrogens is 162 g/mol. The molecule has 13 heavy (non-hydrogen) atoms. The van der Waals surface area contributed by atoms with E-state index in [0.717, 1.165) is 17.8 Å². The summed E-state index contributed by atoms with van der Waals surface area (Å²) in [5.74, 6) is 0.312. The molecule has 0 aromatic heterocycles. The van der Waals surface area contributed by atoms with Crippen molar-refractivity contribution in [1.82, 2.24) is 0 Å². The van der Waals surface area contributed by atoms with Gasteiger partial charge in [0.15, 0.2) is 0 Å². The van der Waals surface area contributed by atoms with Gasteiger partial charge >= 0.3 is 0 Å². The van der Waals surface area contributed by atoms with Crippen molar-refractivity contribution in [3.05, 3.63) is 29.3 Å². The van der Waals surface area contributed by atoms with Crippen LogP contribution in [-0.4, -0.2) is 12.3 Å². The van der Waals surface area contributed by atoms with Gasteiger partial charge in [0.2, 0.25) is 0 Å². The van der Waals surface area contributed by atoms with Crippen LogP contribution in [0.1, 0.15) is 24.0 Å². The Bertz CT molecular complexity index is 357. The van der Waals surface area contributed by atoms with Gasteiger partial charge in [0.1, 0.15) is 5.78 Å². The van der Waals surface area contributed by atoms with E-state index in [1.165, 1.54) is 5.56 Å². The molecule has 68 valence electrons. The van der Waals surface area contributed by atoms with Gasteiger partial charge in [-0.3, -0.25) is 4.79 Å². The Morgan fingerprint density at radius 3 is 3.00 bits per heavy atom. The van der Waals surface area contributed by atoms with Crippen molar-refractivity contribution in [3.63, 3.8) is 0 Å². The molecule has 1 aromatic carbocycles. The van der Waals surface area contributed by atoms with Crippen LogP contribution in [0.4, 0.5) is 5.69 Å². The first-order chi connectivity index (χ1) is 6.18. The van der Waals surface area contributed by atoms with Gasteiger partial charge in [-0.25, -0.2) is 0 Å². The first kappa shape index (κ1) is 8.30. The lowest BCUT2D eigenvalue weighted by atomic mass is 9.96. The maximum atomic E-state index is 11.3. The Morgan fingerprint density at radius 2 is 2.31 bits per heavy atom. The highest BCUT2D eigenvalue weighted by Crippen LogP contribution is 2.32. The average Bonchev–Trinajstić information content (AvgIpc) is 2.46. The standard InChI is InChI=1S/C11H13NO/c1-7-3-4-11-9(5-7)10(6-12-11)8(2)13/h3-5,10,12H,6H2,1-2H3. The first-order valence-corrected chi connectivity index (χ1v) is 4.53. The molecule has 1 unspecified atom stereocenters. The molecule has 0 fully saturated rings. The van der Waals surface area contributed by atoms with Crippen LogP contribution >= 0.6 is 0 Å². The summed E-state index contributed by atoms with van der Waals surface area (Å²) in [5, 5.41) is 3.24. The van der Waals surface area contributed by atoms with Crippen LogP contribution in [-0.2, 0) is 4.79 Å². The Labute approximate surface area is 78.0 Å². The van der Waals surface area contributed by atoms with Gasteiger partial charge in [-0.15, -0.1) is 0 Å². The van der Waals surface area contributed by atoms with Crippen molar-refractivity contribution in [2.75, 3.05) is 11.9 Å². The second-order valence-corrected chi connectivity index (χ2v) is 3.63. The highest BCUT2D eigenvalue weighted by Gasteiger charge is 2.25. The number of fused-ring (bicyclic) bond motifs is 1. The molecule has 0 saturated heterocycles. The van der Waals surface area contributed by atoms with Crippen molar-refractivity contribution in [1.29, 1.82) is 0 Å². The maximum Gasteiger partial charge on any atom is 0.139 e. The number of benzene rings is 1. The lowest BCUT2D eigenvalue weighted by Crippen LogP contribution is -2.10. The smallest absolute Gasteiger partial charge is 0.139 e. The molecule has 2 nitrogen and oxygen atoms in total. The van der Waals surface area contributed by atoms with E-state index in [-0.39, 0.29) is 11.7 Å². The minimum absolute atomic E-state index is 0.0647. The third-order valence-corrected chi connectivity index (χ3v) is 2.57. The molecule has 0 bridgehead atoms. The van der Waals surface area contributed by atoms with Crippen molar-refractivity contribution in [3.8, 4) is 0 Å². The SMILES string of the molecule is CC(=O)C1CNc2ccc(C)cc21. The van der Waals surface area contributed by atoms with E-state index in [2.05, 4.69) is 24.4 Å². The molecule has 0 aliphatic carbocycles. The molecule has 1 atom stereocenters. The van der Waals surface area contributed by atoms with Crippen LogP contribution in [0.25, 0.3) is 0 Å². The van der Waals surface area contributed by atoms with E-state index in [1.54, 1.807) is 6.92 Å². The number of Topliss-reactive ketones (excluding diaryl/α,β-unsaturated/α-hetero) is 1. The van der Waals surface area contributed by atoms with Crippen molar-refractivity contribution < 1.29 is 4.79 Å². The minimum Gasteiger partial charge on any atom is -0.384 e. The molecule has 2 heteroatoms. The average molecular weight is 175 g/mol. The summed E-state index contributed by atoms with van der Waals surface area (Å²) in [5.41, 5.74) is 3.49. The van der Waals surface area contributed by atoms with Crippen molar-refractivity contribution in [2.45, 2.75) is 19.8 Å². The van der Waals surface area contributed by atoms with Crippen LogP contribution in [0, 0.1) is 6.92 Å². The van der Waals surface area contributed by atoms with Crippen molar-refractivity contribution in [2.24, 2.45) is 0 Å². The zero-order chi connectivity index (χ0) is 9.42. The molecule has 0 spiro atoms. The summed E-state index contributed by atoms with van der Waals surface area (Å²) >= 11 is 0. The lowest BCUT2D eigenvalue weighted by molar-refractivity contribution is -0.118. The quantitative estimate of drug-likeness (QED) is 0.708. The number of hydrogen-bond acceptors (Lipinski definition) is 2. The first-order valence-electron chi connectivity index (χ1n) is 4.53. The molecule has 0 amide bonds. The molecule has 1 aromatic rings. The zero-order valence-corrected chi connectivity index (χ0v) is 7.92.